The molecule has 1 amide bonds. The molecule has 2 aromatic rings. The average Bonchev–Trinajstić information content (AvgIpc) is 2.82. The molecule has 0 spiro atoms. The van der Waals surface area contributed by atoms with E-state index in [0.717, 1.165) is 10.4 Å². The van der Waals surface area contributed by atoms with Crippen LogP contribution in [0, 0.1) is 6.92 Å². The van der Waals surface area contributed by atoms with Gasteiger partial charge in [-0.1, -0.05) is 30.7 Å². The van der Waals surface area contributed by atoms with Crippen molar-refractivity contribution in [3.63, 3.8) is 0 Å². The van der Waals surface area contributed by atoms with Crippen molar-refractivity contribution in [1.29, 1.82) is 0 Å². The predicted molar refractivity (Wildman–Crippen MR) is 98.4 cm³/mol. The zero-order valence-corrected chi connectivity index (χ0v) is 15.7. The lowest BCUT2D eigenvalue weighted by atomic mass is 10.1. The molecule has 1 heterocycles. The topological polar surface area (TPSA) is 55.4 Å². The number of ether oxygens (including phenoxy) is 1. The van der Waals surface area contributed by atoms with Crippen LogP contribution in [-0.4, -0.2) is 18.0 Å². The van der Waals surface area contributed by atoms with E-state index >= 15 is 0 Å². The lowest BCUT2D eigenvalue weighted by Gasteiger charge is -2.11. The standard InChI is InChI=1S/C18H20ClNO3S/c1-5-12-11(4)24-17(15(12)18(22)23-10(2)3)20-16(21)13-8-6-7-9-14(13)19/h6-10H,5H2,1-4H3,(H,20,21). The van der Waals surface area contributed by atoms with Gasteiger partial charge in [-0.15, -0.1) is 11.3 Å². The first-order valence-electron chi connectivity index (χ1n) is 7.74. The highest BCUT2D eigenvalue weighted by molar-refractivity contribution is 7.16. The summed E-state index contributed by atoms with van der Waals surface area (Å²) in [4.78, 5) is 25.9. The Balaban J connectivity index is 2.38. The number of thiophene rings is 1. The van der Waals surface area contributed by atoms with Gasteiger partial charge >= 0.3 is 5.97 Å². The fourth-order valence-electron chi connectivity index (χ4n) is 2.40. The fraction of sp³-hybridized carbons (Fsp3) is 0.333. The van der Waals surface area contributed by atoms with Crippen molar-refractivity contribution in [2.24, 2.45) is 0 Å². The van der Waals surface area contributed by atoms with E-state index in [4.69, 9.17) is 16.3 Å². The maximum absolute atomic E-state index is 12.5. The number of carbonyl (C=O) groups excluding carboxylic acids is 2. The molecule has 0 fully saturated rings. The molecule has 0 atom stereocenters. The van der Waals surface area contributed by atoms with Gasteiger partial charge in [0.25, 0.3) is 5.91 Å². The maximum atomic E-state index is 12.5. The lowest BCUT2D eigenvalue weighted by molar-refractivity contribution is 0.0378. The highest BCUT2D eigenvalue weighted by atomic mass is 35.5. The Hall–Kier alpha value is -1.85. The number of carbonyl (C=O) groups is 2. The van der Waals surface area contributed by atoms with Crippen molar-refractivity contribution in [3.8, 4) is 0 Å². The summed E-state index contributed by atoms with van der Waals surface area (Å²) in [6.07, 6.45) is 0.460. The minimum Gasteiger partial charge on any atom is -0.459 e. The van der Waals surface area contributed by atoms with E-state index in [2.05, 4.69) is 5.32 Å². The van der Waals surface area contributed by atoms with Crippen LogP contribution in [0.5, 0.6) is 0 Å². The average molecular weight is 366 g/mol. The summed E-state index contributed by atoms with van der Waals surface area (Å²) >= 11 is 7.45. The highest BCUT2D eigenvalue weighted by Crippen LogP contribution is 2.35. The van der Waals surface area contributed by atoms with Gasteiger partial charge in [-0.25, -0.2) is 4.79 Å². The molecular formula is C18H20ClNO3S. The molecule has 0 saturated carbocycles. The number of hydrogen-bond acceptors (Lipinski definition) is 4. The second-order valence-corrected chi connectivity index (χ2v) is 7.21. The van der Waals surface area contributed by atoms with Gasteiger partial charge in [-0.05, 0) is 44.9 Å². The van der Waals surface area contributed by atoms with Gasteiger partial charge in [-0.2, -0.15) is 0 Å². The minimum absolute atomic E-state index is 0.227. The number of esters is 1. The van der Waals surface area contributed by atoms with Crippen molar-refractivity contribution in [2.75, 3.05) is 5.32 Å². The van der Waals surface area contributed by atoms with Crippen LogP contribution in [-0.2, 0) is 11.2 Å². The number of aryl methyl sites for hydroxylation is 1. The smallest absolute Gasteiger partial charge is 0.341 e. The Morgan fingerprint density at radius 3 is 2.54 bits per heavy atom. The molecule has 24 heavy (non-hydrogen) atoms. The van der Waals surface area contributed by atoms with Crippen molar-refractivity contribution in [1.82, 2.24) is 0 Å². The van der Waals surface area contributed by atoms with Crippen LogP contribution in [0.4, 0.5) is 5.00 Å². The molecule has 0 aliphatic heterocycles. The zero-order valence-electron chi connectivity index (χ0n) is 14.1. The molecule has 4 nitrogen and oxygen atoms in total. The van der Waals surface area contributed by atoms with E-state index in [-0.39, 0.29) is 12.0 Å². The molecule has 0 saturated heterocycles. The van der Waals surface area contributed by atoms with Gasteiger partial charge in [0.2, 0.25) is 0 Å². The Bertz CT molecular complexity index is 768. The largest absolute Gasteiger partial charge is 0.459 e. The second kappa shape index (κ2) is 7.81. The summed E-state index contributed by atoms with van der Waals surface area (Å²) < 4.78 is 5.33. The summed E-state index contributed by atoms with van der Waals surface area (Å²) in [5.74, 6) is -0.760. The molecule has 1 aromatic heterocycles. The molecule has 0 aliphatic carbocycles. The van der Waals surface area contributed by atoms with Crippen LogP contribution in [0.25, 0.3) is 0 Å². The first-order chi connectivity index (χ1) is 11.3. The molecule has 2 rings (SSSR count). The van der Waals surface area contributed by atoms with Crippen molar-refractivity contribution < 1.29 is 14.3 Å². The van der Waals surface area contributed by atoms with E-state index in [0.29, 0.717) is 27.6 Å². The van der Waals surface area contributed by atoms with Gasteiger partial charge in [0, 0.05) is 4.88 Å². The summed E-state index contributed by atoms with van der Waals surface area (Å²) in [5.41, 5.74) is 1.71. The second-order valence-electron chi connectivity index (χ2n) is 5.58. The Labute approximate surface area is 150 Å². The Morgan fingerprint density at radius 1 is 1.29 bits per heavy atom. The number of anilines is 1. The fourth-order valence-corrected chi connectivity index (χ4v) is 3.75. The van der Waals surface area contributed by atoms with E-state index in [9.17, 15) is 9.59 Å². The summed E-state index contributed by atoms with van der Waals surface area (Å²) in [7, 11) is 0. The molecule has 0 radical (unpaired) electrons. The third kappa shape index (κ3) is 3.97. The number of rotatable bonds is 5. The Kier molecular flexibility index (Phi) is 6.02. The minimum atomic E-state index is -0.416. The number of halogens is 1. The maximum Gasteiger partial charge on any atom is 0.341 e. The van der Waals surface area contributed by atoms with Crippen LogP contribution >= 0.6 is 22.9 Å². The van der Waals surface area contributed by atoms with Crippen LogP contribution in [0.3, 0.4) is 0 Å². The summed E-state index contributed by atoms with van der Waals surface area (Å²) in [6, 6.07) is 6.80. The van der Waals surface area contributed by atoms with E-state index in [1.54, 1.807) is 38.1 Å². The number of hydrogen-bond donors (Lipinski definition) is 1. The molecule has 0 bridgehead atoms. The molecule has 128 valence electrons. The van der Waals surface area contributed by atoms with Crippen LogP contribution < -0.4 is 5.32 Å². The number of benzene rings is 1. The lowest BCUT2D eigenvalue weighted by Crippen LogP contribution is -2.17. The first-order valence-corrected chi connectivity index (χ1v) is 8.93. The van der Waals surface area contributed by atoms with Crippen LogP contribution in [0.1, 0.15) is 51.9 Å². The normalized spacial score (nSPS) is 10.8. The monoisotopic (exact) mass is 365 g/mol. The third-order valence-electron chi connectivity index (χ3n) is 3.45. The van der Waals surface area contributed by atoms with Gasteiger partial charge < -0.3 is 10.1 Å². The van der Waals surface area contributed by atoms with Crippen molar-refractivity contribution >= 4 is 39.8 Å². The molecular weight excluding hydrogens is 346 g/mol. The van der Waals surface area contributed by atoms with E-state index < -0.39 is 5.97 Å². The van der Waals surface area contributed by atoms with Crippen LogP contribution in [0.2, 0.25) is 5.02 Å². The predicted octanol–water partition coefficient (Wildman–Crippen LogP) is 5.09. The summed E-state index contributed by atoms with van der Waals surface area (Å²) in [6.45, 7) is 7.50. The first kappa shape index (κ1) is 18.5. The SMILES string of the molecule is CCc1c(C)sc(NC(=O)c2ccccc2Cl)c1C(=O)OC(C)C. The van der Waals surface area contributed by atoms with Crippen molar-refractivity contribution in [3.05, 3.63) is 50.9 Å². The van der Waals surface area contributed by atoms with Gasteiger partial charge in [0.1, 0.15) is 5.00 Å². The van der Waals surface area contributed by atoms with Crippen LogP contribution in [0.15, 0.2) is 24.3 Å². The van der Waals surface area contributed by atoms with Crippen molar-refractivity contribution in [2.45, 2.75) is 40.2 Å². The van der Waals surface area contributed by atoms with E-state index in [1.807, 2.05) is 13.8 Å². The quantitative estimate of drug-likeness (QED) is 0.751. The molecule has 1 aromatic carbocycles. The molecule has 0 unspecified atom stereocenters. The third-order valence-corrected chi connectivity index (χ3v) is 4.85. The van der Waals surface area contributed by atoms with Gasteiger partial charge in [-0.3, -0.25) is 4.79 Å². The molecule has 6 heteroatoms. The Morgan fingerprint density at radius 2 is 1.96 bits per heavy atom. The zero-order chi connectivity index (χ0) is 17.9. The molecule has 1 N–H and O–H groups in total. The van der Waals surface area contributed by atoms with Gasteiger partial charge in [0.05, 0.1) is 22.3 Å². The summed E-state index contributed by atoms with van der Waals surface area (Å²) in [5, 5.41) is 3.68. The molecule has 0 aliphatic rings. The highest BCUT2D eigenvalue weighted by Gasteiger charge is 2.25. The van der Waals surface area contributed by atoms with Gasteiger partial charge in [0.15, 0.2) is 0 Å². The number of nitrogens with one attached hydrogen (secondary N) is 1. The van der Waals surface area contributed by atoms with E-state index in [1.165, 1.54) is 11.3 Å². The number of amides is 1.